The van der Waals surface area contributed by atoms with E-state index in [9.17, 15) is 4.79 Å². The van der Waals surface area contributed by atoms with Gasteiger partial charge in [0.05, 0.1) is 0 Å². The molecule has 0 saturated carbocycles. The van der Waals surface area contributed by atoms with E-state index in [1.54, 1.807) is 18.2 Å². The van der Waals surface area contributed by atoms with Crippen LogP contribution >= 0.6 is 0 Å². The van der Waals surface area contributed by atoms with Crippen LogP contribution in [0.1, 0.15) is 15.9 Å². The number of nitrogens with one attached hydrogen (secondary N) is 1. The molecule has 0 atom stereocenters. The van der Waals surface area contributed by atoms with Gasteiger partial charge in [-0.3, -0.25) is 4.79 Å². The van der Waals surface area contributed by atoms with Crippen molar-refractivity contribution >= 4 is 11.6 Å². The first-order valence-electron chi connectivity index (χ1n) is 7.57. The van der Waals surface area contributed by atoms with Crippen LogP contribution in [0.4, 0.5) is 5.69 Å². The van der Waals surface area contributed by atoms with Crippen molar-refractivity contribution in [2.75, 3.05) is 32.3 Å². The molecule has 2 aromatic rings. The van der Waals surface area contributed by atoms with Gasteiger partial charge in [0.15, 0.2) is 11.5 Å². The Hall–Kier alpha value is -2.69. The summed E-state index contributed by atoms with van der Waals surface area (Å²) in [6, 6.07) is 13.5. The summed E-state index contributed by atoms with van der Waals surface area (Å²) in [5.74, 6) is 1.20. The molecule has 0 spiro atoms. The fourth-order valence-corrected chi connectivity index (χ4v) is 2.42. The van der Waals surface area contributed by atoms with Crippen LogP contribution in [0.5, 0.6) is 11.5 Å². The molecular formula is C18H20N2O3. The fourth-order valence-electron chi connectivity index (χ4n) is 2.42. The Morgan fingerprint density at radius 1 is 1.09 bits per heavy atom. The topological polar surface area (TPSA) is 50.8 Å². The standard InChI is InChI=1S/C18H20N2O3/c1-20(2)15-6-3-13(4-7-15)9-10-19-18(21)14-5-8-16-17(11-14)23-12-22-16/h3-8,11H,9-10,12H2,1-2H3,(H,19,21). The second-order valence-electron chi connectivity index (χ2n) is 5.63. The molecule has 0 bridgehead atoms. The van der Waals surface area contributed by atoms with Gasteiger partial charge in [-0.25, -0.2) is 0 Å². The Bertz CT molecular complexity index is 696. The van der Waals surface area contributed by atoms with Crippen LogP contribution in [0.2, 0.25) is 0 Å². The molecule has 1 aliphatic heterocycles. The molecule has 3 rings (SSSR count). The smallest absolute Gasteiger partial charge is 0.251 e. The third kappa shape index (κ3) is 3.56. The van der Waals surface area contributed by atoms with E-state index in [0.29, 0.717) is 23.6 Å². The number of benzene rings is 2. The second-order valence-corrected chi connectivity index (χ2v) is 5.63. The van der Waals surface area contributed by atoms with Crippen molar-refractivity contribution in [1.82, 2.24) is 5.32 Å². The van der Waals surface area contributed by atoms with E-state index in [-0.39, 0.29) is 12.7 Å². The largest absolute Gasteiger partial charge is 0.454 e. The van der Waals surface area contributed by atoms with Crippen LogP contribution in [0.25, 0.3) is 0 Å². The zero-order chi connectivity index (χ0) is 16.2. The van der Waals surface area contributed by atoms with Crippen molar-refractivity contribution < 1.29 is 14.3 Å². The summed E-state index contributed by atoms with van der Waals surface area (Å²) in [6.45, 7) is 0.804. The minimum absolute atomic E-state index is 0.104. The summed E-state index contributed by atoms with van der Waals surface area (Å²) in [5, 5.41) is 2.93. The van der Waals surface area contributed by atoms with Gasteiger partial charge < -0.3 is 19.7 Å². The first-order chi connectivity index (χ1) is 11.1. The van der Waals surface area contributed by atoms with Gasteiger partial charge in [0.1, 0.15) is 0 Å². The first kappa shape index (κ1) is 15.2. The summed E-state index contributed by atoms with van der Waals surface area (Å²) in [7, 11) is 4.03. The highest BCUT2D eigenvalue weighted by Crippen LogP contribution is 2.32. The maximum atomic E-state index is 12.2. The Balaban J connectivity index is 1.53. The number of nitrogens with zero attached hydrogens (tertiary/aromatic N) is 1. The maximum Gasteiger partial charge on any atom is 0.251 e. The van der Waals surface area contributed by atoms with Gasteiger partial charge in [0.25, 0.3) is 5.91 Å². The van der Waals surface area contributed by atoms with E-state index in [1.165, 1.54) is 5.56 Å². The highest BCUT2D eigenvalue weighted by atomic mass is 16.7. The molecule has 1 amide bonds. The quantitative estimate of drug-likeness (QED) is 0.921. The number of fused-ring (bicyclic) bond motifs is 1. The number of ether oxygens (including phenoxy) is 2. The molecule has 0 fully saturated rings. The molecule has 0 unspecified atom stereocenters. The van der Waals surface area contributed by atoms with Crippen molar-refractivity contribution in [2.24, 2.45) is 0 Å². The summed E-state index contributed by atoms with van der Waals surface area (Å²) in [5.41, 5.74) is 2.94. The molecule has 1 aliphatic rings. The highest BCUT2D eigenvalue weighted by molar-refractivity contribution is 5.94. The molecule has 2 aromatic carbocycles. The molecule has 5 heteroatoms. The number of amides is 1. The van der Waals surface area contributed by atoms with Gasteiger partial charge in [0.2, 0.25) is 6.79 Å². The van der Waals surface area contributed by atoms with E-state index < -0.39 is 0 Å². The molecule has 23 heavy (non-hydrogen) atoms. The minimum Gasteiger partial charge on any atom is -0.454 e. The van der Waals surface area contributed by atoms with Gasteiger partial charge in [0, 0.05) is 31.9 Å². The normalized spacial score (nSPS) is 12.1. The first-order valence-corrected chi connectivity index (χ1v) is 7.57. The Kier molecular flexibility index (Phi) is 4.37. The third-order valence-electron chi connectivity index (χ3n) is 3.79. The molecule has 0 aromatic heterocycles. The number of carbonyl (C=O) groups excluding carboxylic acids is 1. The second kappa shape index (κ2) is 6.60. The molecule has 120 valence electrons. The minimum atomic E-state index is -0.104. The lowest BCUT2D eigenvalue weighted by atomic mass is 10.1. The summed E-state index contributed by atoms with van der Waals surface area (Å²) in [4.78, 5) is 14.2. The van der Waals surface area contributed by atoms with Gasteiger partial charge in [-0.05, 0) is 42.3 Å². The number of hydrogen-bond acceptors (Lipinski definition) is 4. The van der Waals surface area contributed by atoms with E-state index in [4.69, 9.17) is 9.47 Å². The molecule has 0 aliphatic carbocycles. The summed E-state index contributed by atoms with van der Waals surface area (Å²) < 4.78 is 10.5. The van der Waals surface area contributed by atoms with Crippen LogP contribution in [0.15, 0.2) is 42.5 Å². The number of rotatable bonds is 5. The number of anilines is 1. The van der Waals surface area contributed by atoms with Crippen molar-refractivity contribution in [1.29, 1.82) is 0 Å². The van der Waals surface area contributed by atoms with Crippen molar-refractivity contribution in [3.63, 3.8) is 0 Å². The zero-order valence-electron chi connectivity index (χ0n) is 13.3. The lowest BCUT2D eigenvalue weighted by Gasteiger charge is -2.12. The molecule has 5 nitrogen and oxygen atoms in total. The van der Waals surface area contributed by atoms with Crippen molar-refractivity contribution in [2.45, 2.75) is 6.42 Å². The van der Waals surface area contributed by atoms with Gasteiger partial charge >= 0.3 is 0 Å². The van der Waals surface area contributed by atoms with E-state index in [2.05, 4.69) is 34.5 Å². The van der Waals surface area contributed by atoms with Crippen LogP contribution in [0.3, 0.4) is 0 Å². The van der Waals surface area contributed by atoms with Gasteiger partial charge in [-0.1, -0.05) is 12.1 Å². The zero-order valence-corrected chi connectivity index (χ0v) is 13.3. The molecule has 1 heterocycles. The maximum absolute atomic E-state index is 12.2. The number of carbonyl (C=O) groups is 1. The fraction of sp³-hybridized carbons (Fsp3) is 0.278. The Morgan fingerprint density at radius 3 is 2.57 bits per heavy atom. The van der Waals surface area contributed by atoms with Gasteiger partial charge in [-0.2, -0.15) is 0 Å². The summed E-state index contributed by atoms with van der Waals surface area (Å²) >= 11 is 0. The average molecular weight is 312 g/mol. The lowest BCUT2D eigenvalue weighted by Crippen LogP contribution is -2.25. The SMILES string of the molecule is CN(C)c1ccc(CCNC(=O)c2ccc3c(c2)OCO3)cc1. The van der Waals surface area contributed by atoms with Crippen molar-refractivity contribution in [3.05, 3.63) is 53.6 Å². The average Bonchev–Trinajstić information content (AvgIpc) is 3.02. The molecule has 0 saturated heterocycles. The Labute approximate surface area is 135 Å². The van der Waals surface area contributed by atoms with E-state index >= 15 is 0 Å². The predicted molar refractivity (Wildman–Crippen MR) is 89.4 cm³/mol. The van der Waals surface area contributed by atoms with Crippen LogP contribution < -0.4 is 19.7 Å². The van der Waals surface area contributed by atoms with Crippen LogP contribution in [-0.2, 0) is 6.42 Å². The monoisotopic (exact) mass is 312 g/mol. The molecule has 0 radical (unpaired) electrons. The summed E-state index contributed by atoms with van der Waals surface area (Å²) in [6.07, 6.45) is 0.796. The van der Waals surface area contributed by atoms with Crippen LogP contribution in [0, 0.1) is 0 Å². The number of hydrogen-bond donors (Lipinski definition) is 1. The molecule has 1 N–H and O–H groups in total. The molecular weight excluding hydrogens is 292 g/mol. The van der Waals surface area contributed by atoms with Crippen molar-refractivity contribution in [3.8, 4) is 11.5 Å². The predicted octanol–water partition coefficient (Wildman–Crippen LogP) is 2.45. The third-order valence-corrected chi connectivity index (χ3v) is 3.79. The lowest BCUT2D eigenvalue weighted by molar-refractivity contribution is 0.0953. The van der Waals surface area contributed by atoms with Gasteiger partial charge in [-0.15, -0.1) is 0 Å². The van der Waals surface area contributed by atoms with Crippen LogP contribution in [-0.4, -0.2) is 33.3 Å². The highest BCUT2D eigenvalue weighted by Gasteiger charge is 2.15. The van der Waals surface area contributed by atoms with E-state index in [0.717, 1.165) is 12.1 Å². The van der Waals surface area contributed by atoms with E-state index in [1.807, 2.05) is 14.1 Å². The Morgan fingerprint density at radius 2 is 1.83 bits per heavy atom.